The van der Waals surface area contributed by atoms with Crippen LogP contribution in [0.4, 0.5) is 13.2 Å². The summed E-state index contributed by atoms with van der Waals surface area (Å²) >= 11 is 8.63. The summed E-state index contributed by atoms with van der Waals surface area (Å²) in [5, 5.41) is 6.11. The van der Waals surface area contributed by atoms with Gasteiger partial charge in [-0.1, -0.05) is 24.3 Å². The number of nitrogens with one attached hydrogen (secondary N) is 2. The quantitative estimate of drug-likeness (QED) is 0.0982. The van der Waals surface area contributed by atoms with Crippen molar-refractivity contribution in [1.82, 2.24) is 20.6 Å². The highest BCUT2D eigenvalue weighted by Gasteiger charge is 2.31. The molecular weight excluding hydrogens is 645 g/mol. The Balaban J connectivity index is 1.13. The van der Waals surface area contributed by atoms with Crippen molar-refractivity contribution < 1.29 is 41.8 Å². The molecular formula is C31H21F3N4O6S2. The molecule has 0 aliphatic carbocycles. The molecule has 5 aromatic rings. The number of benzene rings is 3. The molecule has 234 valence electrons. The maximum Gasteiger partial charge on any atom is 0.416 e. The summed E-state index contributed by atoms with van der Waals surface area (Å²) in [6, 6.07) is 17.2. The Morgan fingerprint density at radius 1 is 0.696 bits per heavy atom. The summed E-state index contributed by atoms with van der Waals surface area (Å²) in [5.74, 6) is -2.69. The first-order valence-electron chi connectivity index (χ1n) is 13.2. The topological polar surface area (TPSA) is 137 Å². The van der Waals surface area contributed by atoms with Gasteiger partial charge in [0.15, 0.2) is 0 Å². The van der Waals surface area contributed by atoms with Crippen LogP contribution in [0, 0.1) is 0 Å². The SMILES string of the molecule is O=C(CNC(=O)c1ncc2cc(Oc3ccccc3)ccc2c1S)OC(=O)CNC(=O)c1ncc2cc(C(F)(F)F)ccc2c1S. The third-order valence-electron chi connectivity index (χ3n) is 6.45. The van der Waals surface area contributed by atoms with E-state index in [1.807, 2.05) is 18.2 Å². The molecule has 15 heteroatoms. The van der Waals surface area contributed by atoms with Crippen LogP contribution in [0.25, 0.3) is 21.5 Å². The number of esters is 2. The lowest BCUT2D eigenvalue weighted by molar-refractivity contribution is -0.158. The van der Waals surface area contributed by atoms with Crippen molar-refractivity contribution in [3.63, 3.8) is 0 Å². The van der Waals surface area contributed by atoms with Crippen LogP contribution in [0.2, 0.25) is 0 Å². The number of ether oxygens (including phenoxy) is 2. The second-order valence-electron chi connectivity index (χ2n) is 9.59. The number of para-hydroxylation sites is 1. The summed E-state index contributed by atoms with van der Waals surface area (Å²) in [6.45, 7) is -1.44. The van der Waals surface area contributed by atoms with Crippen LogP contribution in [0.15, 0.2) is 88.9 Å². The van der Waals surface area contributed by atoms with Gasteiger partial charge in [0.05, 0.1) is 5.56 Å². The number of carbonyl (C=O) groups excluding carboxylic acids is 4. The number of thiol groups is 2. The molecule has 3 aromatic carbocycles. The largest absolute Gasteiger partial charge is 0.457 e. The Morgan fingerprint density at radius 2 is 1.22 bits per heavy atom. The van der Waals surface area contributed by atoms with Gasteiger partial charge in [0.1, 0.15) is 36.0 Å². The van der Waals surface area contributed by atoms with E-state index in [4.69, 9.17) is 4.74 Å². The highest BCUT2D eigenvalue weighted by molar-refractivity contribution is 7.80. The van der Waals surface area contributed by atoms with Gasteiger partial charge >= 0.3 is 18.1 Å². The van der Waals surface area contributed by atoms with Crippen LogP contribution in [-0.2, 0) is 20.5 Å². The van der Waals surface area contributed by atoms with Crippen LogP contribution in [-0.4, -0.2) is 46.8 Å². The predicted molar refractivity (Wildman–Crippen MR) is 165 cm³/mol. The molecule has 46 heavy (non-hydrogen) atoms. The van der Waals surface area contributed by atoms with Crippen molar-refractivity contribution >= 4 is 70.6 Å². The number of nitrogens with zero attached hydrogens (tertiary/aromatic N) is 2. The summed E-state index contributed by atoms with van der Waals surface area (Å²) in [6.07, 6.45) is -2.04. The average Bonchev–Trinajstić information content (AvgIpc) is 3.02. The van der Waals surface area contributed by atoms with Gasteiger partial charge in [0.25, 0.3) is 11.8 Å². The molecule has 0 radical (unpaired) electrons. The molecule has 0 saturated heterocycles. The maximum atomic E-state index is 13.0. The van der Waals surface area contributed by atoms with Crippen LogP contribution in [0.3, 0.4) is 0 Å². The fraction of sp³-hybridized carbons (Fsp3) is 0.0968. The van der Waals surface area contributed by atoms with Crippen LogP contribution < -0.4 is 15.4 Å². The van der Waals surface area contributed by atoms with E-state index in [0.29, 0.717) is 22.3 Å². The number of rotatable bonds is 8. The third-order valence-corrected chi connectivity index (χ3v) is 7.35. The fourth-order valence-corrected chi connectivity index (χ4v) is 4.99. The van der Waals surface area contributed by atoms with E-state index in [2.05, 4.69) is 50.6 Å². The van der Waals surface area contributed by atoms with E-state index in [-0.39, 0.29) is 32.0 Å². The molecule has 0 aliphatic rings. The molecule has 2 amide bonds. The highest BCUT2D eigenvalue weighted by Crippen LogP contribution is 2.33. The second kappa shape index (κ2) is 13.5. The number of fused-ring (bicyclic) bond motifs is 2. The second-order valence-corrected chi connectivity index (χ2v) is 10.5. The monoisotopic (exact) mass is 666 g/mol. The van der Waals surface area contributed by atoms with Crippen molar-refractivity contribution in [2.24, 2.45) is 0 Å². The zero-order chi connectivity index (χ0) is 33.0. The minimum atomic E-state index is -4.56. The molecule has 0 fully saturated rings. The molecule has 2 N–H and O–H groups in total. The first kappa shape index (κ1) is 32.2. The minimum Gasteiger partial charge on any atom is -0.457 e. The number of amides is 2. The van der Waals surface area contributed by atoms with Crippen LogP contribution in [0.1, 0.15) is 26.5 Å². The van der Waals surface area contributed by atoms with E-state index >= 15 is 0 Å². The van der Waals surface area contributed by atoms with Gasteiger partial charge in [-0.25, -0.2) is 19.6 Å². The fourth-order valence-electron chi connectivity index (χ4n) is 4.26. The number of aromatic nitrogens is 2. The average molecular weight is 667 g/mol. The zero-order valence-corrected chi connectivity index (χ0v) is 25.1. The maximum absolute atomic E-state index is 13.0. The Kier molecular flexibility index (Phi) is 9.44. The first-order chi connectivity index (χ1) is 21.9. The number of halogens is 3. The number of carbonyl (C=O) groups is 4. The lowest BCUT2D eigenvalue weighted by Gasteiger charge is -2.11. The van der Waals surface area contributed by atoms with E-state index in [9.17, 15) is 32.3 Å². The standard InChI is InChI=1S/C31H21F3N4O6S2/c32-31(33,34)18-6-8-21-16(10-18)12-35-25(27(21)45)29(41)37-14-23(39)44-24(40)15-38-30(42)26-28(46)22-9-7-20(11-17(22)13-36-26)43-19-4-2-1-3-5-19/h1-13,45-46H,14-15H2,(H,37,41)(H,38,42). The molecule has 2 heterocycles. The summed E-state index contributed by atoms with van der Waals surface area (Å²) in [5.41, 5.74) is -1.22. The smallest absolute Gasteiger partial charge is 0.416 e. The van der Waals surface area contributed by atoms with Gasteiger partial charge in [0.2, 0.25) is 0 Å². The number of alkyl halides is 3. The Bertz CT molecular complexity index is 2010. The molecule has 10 nitrogen and oxygen atoms in total. The molecule has 2 aromatic heterocycles. The Morgan fingerprint density at radius 3 is 1.76 bits per heavy atom. The van der Waals surface area contributed by atoms with Gasteiger partial charge in [-0.15, -0.1) is 25.3 Å². The number of pyridine rings is 2. The predicted octanol–water partition coefficient (Wildman–Crippen LogP) is 5.40. The van der Waals surface area contributed by atoms with E-state index in [0.717, 1.165) is 24.4 Å². The van der Waals surface area contributed by atoms with Crippen molar-refractivity contribution in [3.8, 4) is 11.5 Å². The molecule has 0 saturated carbocycles. The van der Waals surface area contributed by atoms with E-state index in [1.54, 1.807) is 30.3 Å². The molecule has 5 rings (SSSR count). The van der Waals surface area contributed by atoms with Crippen molar-refractivity contribution in [1.29, 1.82) is 0 Å². The van der Waals surface area contributed by atoms with Gasteiger partial charge in [0, 0.05) is 33.0 Å². The normalized spacial score (nSPS) is 11.2. The lowest BCUT2D eigenvalue weighted by atomic mass is 10.1. The highest BCUT2D eigenvalue weighted by atomic mass is 32.1. The molecule has 0 atom stereocenters. The summed E-state index contributed by atoms with van der Waals surface area (Å²) < 4.78 is 49.4. The Hall–Kier alpha value is -5.15. The van der Waals surface area contributed by atoms with Crippen molar-refractivity contribution in [2.45, 2.75) is 16.0 Å². The van der Waals surface area contributed by atoms with E-state index < -0.39 is 48.6 Å². The number of hydrogen-bond acceptors (Lipinski definition) is 10. The summed E-state index contributed by atoms with van der Waals surface area (Å²) in [7, 11) is 0. The molecule has 0 aliphatic heterocycles. The van der Waals surface area contributed by atoms with Crippen molar-refractivity contribution in [2.75, 3.05) is 13.1 Å². The molecule has 0 bridgehead atoms. The van der Waals surface area contributed by atoms with E-state index in [1.165, 1.54) is 6.20 Å². The van der Waals surface area contributed by atoms with Gasteiger partial charge < -0.3 is 20.1 Å². The van der Waals surface area contributed by atoms with Gasteiger partial charge in [-0.3, -0.25) is 9.59 Å². The third kappa shape index (κ3) is 7.38. The molecule has 0 spiro atoms. The first-order valence-corrected chi connectivity index (χ1v) is 14.1. The molecule has 0 unspecified atom stereocenters. The number of hydrogen-bond donors (Lipinski definition) is 4. The van der Waals surface area contributed by atoms with Crippen LogP contribution in [0.5, 0.6) is 11.5 Å². The Labute approximate surface area is 269 Å². The minimum absolute atomic E-state index is 0.0114. The van der Waals surface area contributed by atoms with Crippen molar-refractivity contribution in [3.05, 3.63) is 96.1 Å². The lowest BCUT2D eigenvalue weighted by Crippen LogP contribution is -2.36. The van der Waals surface area contributed by atoms with Gasteiger partial charge in [-0.05, 0) is 53.2 Å². The van der Waals surface area contributed by atoms with Gasteiger partial charge in [-0.2, -0.15) is 13.2 Å². The zero-order valence-electron chi connectivity index (χ0n) is 23.3. The summed E-state index contributed by atoms with van der Waals surface area (Å²) in [4.78, 5) is 57.8. The van der Waals surface area contributed by atoms with Crippen LogP contribution >= 0.6 is 25.3 Å².